The van der Waals surface area contributed by atoms with Gasteiger partial charge in [-0.25, -0.2) is 0 Å². The van der Waals surface area contributed by atoms with Gasteiger partial charge in [0.05, 0.1) is 23.2 Å². The van der Waals surface area contributed by atoms with Crippen LogP contribution in [0.4, 0.5) is 0 Å². The Hall–Kier alpha value is -5.60. The molecule has 0 saturated carbocycles. The first kappa shape index (κ1) is 13.8. The summed E-state index contributed by atoms with van der Waals surface area (Å²) in [6.45, 7) is 0. The summed E-state index contributed by atoms with van der Waals surface area (Å²) in [5, 5.41) is 0.812. The molecule has 0 aliphatic heterocycles. The van der Waals surface area contributed by atoms with E-state index in [2.05, 4.69) is 0 Å². The Morgan fingerprint density at radius 2 is 1.02 bits per heavy atom. The Bertz CT molecular complexity index is 3070. The first-order valence-electron chi connectivity index (χ1n) is 19.7. The van der Waals surface area contributed by atoms with E-state index in [9.17, 15) is 5.48 Å². The third kappa shape index (κ3) is 3.27. The molecule has 2 nitrogen and oxygen atoms in total. The molecule has 0 unspecified atom stereocenters. The van der Waals surface area contributed by atoms with Crippen LogP contribution in [0.3, 0.4) is 0 Å². The summed E-state index contributed by atoms with van der Waals surface area (Å²) in [6.07, 6.45) is 0. The minimum atomic E-state index is -0.734. The quantitative estimate of drug-likeness (QED) is 0.205. The van der Waals surface area contributed by atoms with Crippen molar-refractivity contribution in [3.8, 4) is 33.6 Å². The topological polar surface area (TPSA) is 26.3 Å². The van der Waals surface area contributed by atoms with Crippen LogP contribution in [0.5, 0.6) is 0 Å². The molecule has 9 aromatic rings. The first-order valence-corrected chi connectivity index (χ1v) is 13.2. The Morgan fingerprint density at radius 1 is 0.405 bits per heavy atom. The van der Waals surface area contributed by atoms with Crippen molar-refractivity contribution in [1.82, 2.24) is 0 Å². The van der Waals surface area contributed by atoms with Crippen molar-refractivity contribution in [2.45, 2.75) is 0 Å². The Kier molecular flexibility index (Phi) is 2.95. The van der Waals surface area contributed by atoms with Crippen LogP contribution >= 0.6 is 0 Å². The molecule has 196 valence electrons. The van der Waals surface area contributed by atoms with Gasteiger partial charge >= 0.3 is 0 Å². The van der Waals surface area contributed by atoms with Gasteiger partial charge in [0.2, 0.25) is 0 Å². The molecular formula is C40H24O2. The van der Waals surface area contributed by atoms with Crippen LogP contribution in [0.1, 0.15) is 17.8 Å². The van der Waals surface area contributed by atoms with Crippen LogP contribution in [0.25, 0.3) is 88.0 Å². The number of benzene rings is 7. The number of furan rings is 2. The molecule has 0 spiro atoms. The maximum Gasteiger partial charge on any atom is 0.147 e. The normalized spacial score (nSPS) is 16.1. The highest BCUT2D eigenvalue weighted by atomic mass is 16.3. The Balaban J connectivity index is 1.67. The molecule has 2 aromatic heterocycles. The van der Waals surface area contributed by atoms with Gasteiger partial charge in [-0.2, -0.15) is 0 Å². The summed E-state index contributed by atoms with van der Waals surface area (Å²) in [7, 11) is 0. The van der Waals surface area contributed by atoms with E-state index >= 15 is 0 Å². The van der Waals surface area contributed by atoms with Crippen molar-refractivity contribution in [2.24, 2.45) is 0 Å². The van der Waals surface area contributed by atoms with Gasteiger partial charge in [-0.1, -0.05) is 127 Å². The first-order chi connectivity index (χ1) is 26.3. The molecule has 0 N–H and O–H groups in total. The minimum Gasteiger partial charge on any atom is -0.455 e. The average Bonchev–Trinajstić information content (AvgIpc) is 3.77. The fraction of sp³-hybridized carbons (Fsp3) is 0. The summed E-state index contributed by atoms with van der Waals surface area (Å²) >= 11 is 0. The number of fused-ring (bicyclic) bond motifs is 7. The number of rotatable bonds is 3. The summed E-state index contributed by atoms with van der Waals surface area (Å²) in [4.78, 5) is 0. The van der Waals surface area contributed by atoms with Crippen molar-refractivity contribution < 1.29 is 26.7 Å². The maximum absolute atomic E-state index is 9.45. The molecule has 0 aliphatic carbocycles. The molecule has 9 rings (SSSR count). The highest BCUT2D eigenvalue weighted by molar-refractivity contribution is 6.28. The van der Waals surface area contributed by atoms with Gasteiger partial charge in [0, 0.05) is 27.5 Å². The van der Waals surface area contributed by atoms with Gasteiger partial charge in [0.1, 0.15) is 22.5 Å². The molecule has 0 radical (unpaired) electrons. The van der Waals surface area contributed by atoms with Crippen molar-refractivity contribution in [2.75, 3.05) is 0 Å². The second-order valence-corrected chi connectivity index (χ2v) is 9.84. The predicted octanol–water partition coefficient (Wildman–Crippen LogP) is 11.6. The van der Waals surface area contributed by atoms with Crippen LogP contribution in [-0.4, -0.2) is 0 Å². The molecule has 2 heterocycles. The van der Waals surface area contributed by atoms with Crippen LogP contribution < -0.4 is 0 Å². The largest absolute Gasteiger partial charge is 0.455 e. The molecule has 0 atom stereocenters. The Labute approximate surface area is 260 Å². The van der Waals surface area contributed by atoms with E-state index in [1.165, 1.54) is 0 Å². The summed E-state index contributed by atoms with van der Waals surface area (Å²) in [5.41, 5.74) is 1.10. The fourth-order valence-corrected chi connectivity index (χ4v) is 5.90. The van der Waals surface area contributed by atoms with E-state index in [1.54, 1.807) is 42.5 Å². The summed E-state index contributed by atoms with van der Waals surface area (Å²) < 4.78 is 129. The maximum atomic E-state index is 9.45. The van der Waals surface area contributed by atoms with E-state index in [0.717, 1.165) is 5.39 Å². The lowest BCUT2D eigenvalue weighted by Gasteiger charge is -2.18. The lowest BCUT2D eigenvalue weighted by Crippen LogP contribution is -1.91. The van der Waals surface area contributed by atoms with E-state index in [0.29, 0.717) is 33.1 Å². The highest BCUT2D eigenvalue weighted by Gasteiger charge is 2.26. The minimum absolute atomic E-state index is 0.0364. The lowest BCUT2D eigenvalue weighted by molar-refractivity contribution is 0.631. The van der Waals surface area contributed by atoms with Crippen LogP contribution in [-0.2, 0) is 0 Å². The highest BCUT2D eigenvalue weighted by Crippen LogP contribution is 2.51. The predicted molar refractivity (Wildman–Crippen MR) is 175 cm³/mol. The lowest BCUT2D eigenvalue weighted by atomic mass is 9.84. The van der Waals surface area contributed by atoms with Gasteiger partial charge in [0.25, 0.3) is 0 Å². The third-order valence-corrected chi connectivity index (χ3v) is 7.61. The molecule has 7 aromatic carbocycles. The molecular weight excluding hydrogens is 512 g/mol. The molecule has 0 fully saturated rings. The monoisotopic (exact) mass is 549 g/mol. The van der Waals surface area contributed by atoms with E-state index < -0.39 is 84.1 Å². The van der Waals surface area contributed by atoms with Crippen LogP contribution in [0.2, 0.25) is 0 Å². The number of para-hydroxylation sites is 1. The standard InChI is InChI=1S/C40H24O2/c1-3-13-25(14-4-1)35-28-18-7-9-20-30(28)36(31-21-10-8-19-29(31)35)38-37-34(42-39(38)26-15-5-2-6-16-26)24-23-32-27-17-11-12-22-33(27)41-40(32)37/h1-24H/i1D,3D,4D,7D,8D,9D,10D,13D,14D,18D,19D,20D,21D. The van der Waals surface area contributed by atoms with E-state index in [-0.39, 0.29) is 44.0 Å². The second kappa shape index (κ2) is 8.95. The fourth-order valence-electron chi connectivity index (χ4n) is 5.90. The van der Waals surface area contributed by atoms with Crippen molar-refractivity contribution >= 4 is 54.5 Å². The summed E-state index contributed by atoms with van der Waals surface area (Å²) in [6, 6.07) is 11.1. The van der Waals surface area contributed by atoms with Gasteiger partial charge in [-0.05, 0) is 50.9 Å². The number of hydrogen-bond acceptors (Lipinski definition) is 2. The van der Waals surface area contributed by atoms with Crippen molar-refractivity contribution in [3.63, 3.8) is 0 Å². The molecule has 42 heavy (non-hydrogen) atoms. The zero-order chi connectivity index (χ0) is 38.9. The van der Waals surface area contributed by atoms with Gasteiger partial charge in [0.15, 0.2) is 0 Å². The van der Waals surface area contributed by atoms with E-state index in [4.69, 9.17) is 21.2 Å². The average molecular weight is 550 g/mol. The zero-order valence-electron chi connectivity index (χ0n) is 34.7. The molecule has 0 aliphatic rings. The Morgan fingerprint density at radius 3 is 1.74 bits per heavy atom. The zero-order valence-corrected chi connectivity index (χ0v) is 21.7. The van der Waals surface area contributed by atoms with Crippen LogP contribution in [0.15, 0.2) is 154 Å². The smallest absolute Gasteiger partial charge is 0.147 e. The number of hydrogen-bond donors (Lipinski definition) is 0. The van der Waals surface area contributed by atoms with Gasteiger partial charge in [-0.15, -0.1) is 0 Å². The van der Waals surface area contributed by atoms with Gasteiger partial charge in [-0.3, -0.25) is 0 Å². The van der Waals surface area contributed by atoms with E-state index in [1.807, 2.05) is 24.3 Å². The SMILES string of the molecule is [2H]c1c([2H])c([2H])c(-c2c3c([2H])c([2H])c([2H])c([2H])c3c(-c3c(-c4ccccc4)oc4ccc5c6ccccc6oc5c34)c3c([2H])c([2H])c([2H])c([2H])c23)c([2H])c1[2H]. The molecule has 0 bridgehead atoms. The molecule has 0 amide bonds. The van der Waals surface area contributed by atoms with Crippen molar-refractivity contribution in [1.29, 1.82) is 0 Å². The third-order valence-electron chi connectivity index (χ3n) is 7.61. The molecule has 2 heteroatoms. The van der Waals surface area contributed by atoms with Gasteiger partial charge < -0.3 is 8.83 Å². The summed E-state index contributed by atoms with van der Waals surface area (Å²) in [5.74, 6) is 0.210. The second-order valence-electron chi connectivity index (χ2n) is 9.84. The van der Waals surface area contributed by atoms with Crippen LogP contribution in [0, 0.1) is 0 Å². The van der Waals surface area contributed by atoms with Crippen molar-refractivity contribution in [3.05, 3.63) is 145 Å². The molecule has 0 saturated heterocycles.